The second-order valence-corrected chi connectivity index (χ2v) is 5.46. The topological polar surface area (TPSA) is 118 Å². The van der Waals surface area contributed by atoms with Gasteiger partial charge >= 0.3 is 11.7 Å². The van der Waals surface area contributed by atoms with Gasteiger partial charge in [-0.2, -0.15) is 0 Å². The zero-order valence-corrected chi connectivity index (χ0v) is 15.3. The van der Waals surface area contributed by atoms with Crippen LogP contribution in [0.25, 0.3) is 0 Å². The molecule has 0 atom stereocenters. The third kappa shape index (κ3) is 4.35. The highest BCUT2D eigenvalue weighted by atomic mass is 16.5. The highest BCUT2D eigenvalue weighted by Gasteiger charge is 2.17. The van der Waals surface area contributed by atoms with E-state index in [0.29, 0.717) is 5.75 Å². The summed E-state index contributed by atoms with van der Waals surface area (Å²) < 4.78 is 17.1. The molecule has 0 fully saturated rings. The molecule has 10 nitrogen and oxygen atoms in total. The van der Waals surface area contributed by atoms with Crippen molar-refractivity contribution < 1.29 is 23.8 Å². The van der Waals surface area contributed by atoms with Gasteiger partial charge < -0.3 is 19.5 Å². The summed E-state index contributed by atoms with van der Waals surface area (Å²) in [5, 5.41) is 2.35. The summed E-state index contributed by atoms with van der Waals surface area (Å²) in [4.78, 5) is 47.7. The van der Waals surface area contributed by atoms with Crippen molar-refractivity contribution in [1.82, 2.24) is 9.13 Å². The first-order valence-electron chi connectivity index (χ1n) is 7.74. The zero-order valence-electron chi connectivity index (χ0n) is 15.3. The molecule has 1 amide bonds. The van der Waals surface area contributed by atoms with Gasteiger partial charge in [0.05, 0.1) is 14.2 Å². The van der Waals surface area contributed by atoms with Crippen molar-refractivity contribution >= 4 is 17.7 Å². The molecule has 2 rings (SSSR count). The summed E-state index contributed by atoms with van der Waals surface area (Å²) in [5.41, 5.74) is -1.06. The second kappa shape index (κ2) is 8.21. The first-order valence-corrected chi connectivity index (χ1v) is 7.74. The van der Waals surface area contributed by atoms with Gasteiger partial charge in [0, 0.05) is 26.2 Å². The smallest absolute Gasteiger partial charge is 0.342 e. The molecule has 1 aromatic heterocycles. The number of esters is 1. The van der Waals surface area contributed by atoms with E-state index in [1.165, 1.54) is 40.4 Å². The Morgan fingerprint density at radius 1 is 1.04 bits per heavy atom. The lowest BCUT2D eigenvalue weighted by molar-refractivity contribution is -0.119. The number of benzene rings is 1. The lowest BCUT2D eigenvalue weighted by Crippen LogP contribution is -2.38. The number of carbonyl (C=O) groups excluding carboxylic acids is 2. The highest BCUT2D eigenvalue weighted by Crippen LogP contribution is 2.25. The molecule has 0 unspecified atom stereocenters. The maximum absolute atomic E-state index is 12.2. The molecule has 27 heavy (non-hydrogen) atoms. The van der Waals surface area contributed by atoms with E-state index in [1.807, 2.05) is 0 Å². The number of ether oxygens (including phenoxy) is 3. The number of methoxy groups -OCH3 is 2. The van der Waals surface area contributed by atoms with Crippen LogP contribution in [0.3, 0.4) is 0 Å². The first kappa shape index (κ1) is 19.8. The average molecular weight is 377 g/mol. The summed E-state index contributed by atoms with van der Waals surface area (Å²) in [6.07, 6.45) is 0. The quantitative estimate of drug-likeness (QED) is 0.698. The highest BCUT2D eigenvalue weighted by molar-refractivity contribution is 5.96. The van der Waals surface area contributed by atoms with Crippen molar-refractivity contribution in [1.29, 1.82) is 0 Å². The Hall–Kier alpha value is -3.56. The standard InChI is InChI=1S/C17H19N3O7/c1-19-13(8-15(22)20(2)17(19)24)18-14(21)9-27-16(23)11-6-5-10(25-3)7-12(11)26-4/h5-8H,9H2,1-4H3,(H,18,21). The van der Waals surface area contributed by atoms with Gasteiger partial charge in [0.1, 0.15) is 22.9 Å². The molecule has 1 aromatic carbocycles. The molecule has 0 saturated heterocycles. The van der Waals surface area contributed by atoms with Crippen LogP contribution in [0.5, 0.6) is 11.5 Å². The Balaban J connectivity index is 2.07. The summed E-state index contributed by atoms with van der Waals surface area (Å²) in [6.45, 7) is -0.614. The molecular formula is C17H19N3O7. The van der Waals surface area contributed by atoms with Crippen LogP contribution in [-0.2, 0) is 23.6 Å². The lowest BCUT2D eigenvalue weighted by Gasteiger charge is -2.12. The number of hydrogen-bond acceptors (Lipinski definition) is 7. The van der Waals surface area contributed by atoms with E-state index >= 15 is 0 Å². The number of amides is 1. The number of aromatic nitrogens is 2. The van der Waals surface area contributed by atoms with Gasteiger partial charge in [0.15, 0.2) is 6.61 Å². The largest absolute Gasteiger partial charge is 0.497 e. The van der Waals surface area contributed by atoms with Crippen LogP contribution < -0.4 is 26.0 Å². The fourth-order valence-electron chi connectivity index (χ4n) is 2.21. The molecule has 0 radical (unpaired) electrons. The molecule has 0 bridgehead atoms. The van der Waals surface area contributed by atoms with Crippen LogP contribution in [0.1, 0.15) is 10.4 Å². The van der Waals surface area contributed by atoms with Crippen LogP contribution in [0.4, 0.5) is 5.82 Å². The summed E-state index contributed by atoms with van der Waals surface area (Å²) >= 11 is 0. The van der Waals surface area contributed by atoms with Gasteiger partial charge in [-0.15, -0.1) is 0 Å². The number of hydrogen-bond donors (Lipinski definition) is 1. The average Bonchev–Trinajstić information content (AvgIpc) is 2.67. The molecule has 1 N–H and O–H groups in total. The molecule has 0 aliphatic rings. The van der Waals surface area contributed by atoms with E-state index in [4.69, 9.17) is 14.2 Å². The third-order valence-corrected chi connectivity index (χ3v) is 3.76. The van der Waals surface area contributed by atoms with Gasteiger partial charge in [-0.05, 0) is 12.1 Å². The van der Waals surface area contributed by atoms with Gasteiger partial charge in [-0.3, -0.25) is 18.7 Å². The van der Waals surface area contributed by atoms with Crippen LogP contribution in [0.15, 0.2) is 33.9 Å². The predicted molar refractivity (Wildman–Crippen MR) is 95.4 cm³/mol. The Morgan fingerprint density at radius 2 is 1.74 bits per heavy atom. The molecule has 144 valence electrons. The molecule has 2 aromatic rings. The van der Waals surface area contributed by atoms with Crippen molar-refractivity contribution in [3.05, 3.63) is 50.7 Å². The predicted octanol–water partition coefficient (Wildman–Crippen LogP) is -0.103. The number of anilines is 1. The molecule has 0 aliphatic heterocycles. The van der Waals surface area contributed by atoms with Gasteiger partial charge in [-0.1, -0.05) is 0 Å². The van der Waals surface area contributed by atoms with Crippen molar-refractivity contribution in [3.63, 3.8) is 0 Å². The Kier molecular flexibility index (Phi) is 6.01. The van der Waals surface area contributed by atoms with Gasteiger partial charge in [0.2, 0.25) is 0 Å². The van der Waals surface area contributed by atoms with Crippen LogP contribution in [0.2, 0.25) is 0 Å². The number of carbonyl (C=O) groups is 2. The molecule has 0 saturated carbocycles. The van der Waals surface area contributed by atoms with Crippen molar-refractivity contribution in [2.75, 3.05) is 26.1 Å². The molecule has 10 heteroatoms. The molecule has 0 spiro atoms. The van der Waals surface area contributed by atoms with Crippen LogP contribution in [-0.4, -0.2) is 41.8 Å². The van der Waals surface area contributed by atoms with Crippen LogP contribution in [0, 0.1) is 0 Å². The minimum Gasteiger partial charge on any atom is -0.497 e. The summed E-state index contributed by atoms with van der Waals surface area (Å²) in [5.74, 6) is -0.769. The first-order chi connectivity index (χ1) is 12.8. The zero-order chi connectivity index (χ0) is 20.1. The number of rotatable bonds is 6. The van der Waals surface area contributed by atoms with Gasteiger partial charge in [0.25, 0.3) is 11.5 Å². The van der Waals surface area contributed by atoms with E-state index in [0.717, 1.165) is 15.2 Å². The molecule has 0 aliphatic carbocycles. The van der Waals surface area contributed by atoms with E-state index in [1.54, 1.807) is 6.07 Å². The minimum absolute atomic E-state index is 0.00817. The maximum atomic E-state index is 12.2. The maximum Gasteiger partial charge on any atom is 0.342 e. The normalized spacial score (nSPS) is 10.2. The number of nitrogens with one attached hydrogen (secondary N) is 1. The fraction of sp³-hybridized carbons (Fsp3) is 0.294. The monoisotopic (exact) mass is 377 g/mol. The second-order valence-electron chi connectivity index (χ2n) is 5.46. The van der Waals surface area contributed by atoms with Crippen LogP contribution >= 0.6 is 0 Å². The van der Waals surface area contributed by atoms with E-state index in [2.05, 4.69) is 5.32 Å². The Bertz CT molecular complexity index is 991. The van der Waals surface area contributed by atoms with Crippen molar-refractivity contribution in [2.45, 2.75) is 0 Å². The van der Waals surface area contributed by atoms with Crippen molar-refractivity contribution in [2.24, 2.45) is 14.1 Å². The molecule has 1 heterocycles. The minimum atomic E-state index is -0.775. The van der Waals surface area contributed by atoms with E-state index in [9.17, 15) is 19.2 Å². The Morgan fingerprint density at radius 3 is 2.37 bits per heavy atom. The fourth-order valence-corrected chi connectivity index (χ4v) is 2.21. The van der Waals surface area contributed by atoms with E-state index in [-0.39, 0.29) is 17.1 Å². The molecular weight excluding hydrogens is 358 g/mol. The Labute approximate surface area is 153 Å². The van der Waals surface area contributed by atoms with Gasteiger partial charge in [-0.25, -0.2) is 9.59 Å². The van der Waals surface area contributed by atoms with E-state index < -0.39 is 29.7 Å². The third-order valence-electron chi connectivity index (χ3n) is 3.76. The number of nitrogens with zero attached hydrogens (tertiary/aromatic N) is 2. The lowest BCUT2D eigenvalue weighted by atomic mass is 10.2. The summed E-state index contributed by atoms with van der Waals surface area (Å²) in [6, 6.07) is 5.59. The SMILES string of the molecule is COc1ccc(C(=O)OCC(=O)Nc2cc(=O)n(C)c(=O)n2C)c(OC)c1. The van der Waals surface area contributed by atoms with Crippen molar-refractivity contribution in [3.8, 4) is 11.5 Å². The summed E-state index contributed by atoms with van der Waals surface area (Å²) in [7, 11) is 5.57.